The van der Waals surface area contributed by atoms with Gasteiger partial charge in [0.05, 0.1) is 27.6 Å². The number of aromatic nitrogens is 3. The number of allylic oxidation sites excluding steroid dienone is 2. The Kier molecular flexibility index (Phi) is 8.16. The summed E-state index contributed by atoms with van der Waals surface area (Å²) < 4.78 is 7.10. The van der Waals surface area contributed by atoms with Gasteiger partial charge in [0.15, 0.2) is 0 Å². The first kappa shape index (κ1) is 34.4. The first-order chi connectivity index (χ1) is 29.2. The SMILES string of the molecule is C=C/C=C\c1c(C)n(-c2ccc(N(c3ccc(-n4c5ccccc5c5ccccc54)cc3)c3ccc(-n4c5ccccc5c5ccccc54)cc3)cc2)c2ccccc12. The van der Waals surface area contributed by atoms with Gasteiger partial charge in [-0.2, -0.15) is 0 Å². The van der Waals surface area contributed by atoms with Crippen LogP contribution < -0.4 is 4.90 Å². The first-order valence-electron chi connectivity index (χ1n) is 20.1. The second-order valence-electron chi connectivity index (χ2n) is 15.1. The number of hydrogen-bond donors (Lipinski definition) is 0. The third kappa shape index (κ3) is 5.53. The van der Waals surface area contributed by atoms with E-state index in [1.54, 1.807) is 0 Å². The van der Waals surface area contributed by atoms with Gasteiger partial charge in [0.2, 0.25) is 0 Å². The summed E-state index contributed by atoms with van der Waals surface area (Å²) in [5, 5.41) is 6.25. The summed E-state index contributed by atoms with van der Waals surface area (Å²) in [6, 6.07) is 70.2. The van der Waals surface area contributed by atoms with Crippen LogP contribution in [0.1, 0.15) is 11.3 Å². The molecule has 0 aliphatic carbocycles. The van der Waals surface area contributed by atoms with Gasteiger partial charge in [-0.3, -0.25) is 0 Å². The normalized spacial score (nSPS) is 11.8. The van der Waals surface area contributed by atoms with Crippen LogP contribution in [-0.2, 0) is 0 Å². The quantitative estimate of drug-likeness (QED) is 0.141. The Labute approximate surface area is 343 Å². The Morgan fingerprint density at radius 2 is 0.678 bits per heavy atom. The Balaban J connectivity index is 1.04. The molecule has 11 aromatic rings. The average Bonchev–Trinajstić information content (AvgIpc) is 3.91. The maximum absolute atomic E-state index is 3.91. The molecule has 8 aromatic carbocycles. The van der Waals surface area contributed by atoms with Crippen LogP contribution in [0.4, 0.5) is 17.1 Å². The van der Waals surface area contributed by atoms with Crippen molar-refractivity contribution in [2.45, 2.75) is 6.92 Å². The summed E-state index contributed by atoms with van der Waals surface area (Å²) in [7, 11) is 0. The molecular weight excluding hydrogens is 717 g/mol. The number of benzene rings is 8. The van der Waals surface area contributed by atoms with Crippen molar-refractivity contribution < 1.29 is 0 Å². The molecule has 11 rings (SSSR count). The van der Waals surface area contributed by atoms with Gasteiger partial charge in [-0.15, -0.1) is 0 Å². The van der Waals surface area contributed by atoms with E-state index in [-0.39, 0.29) is 0 Å². The maximum Gasteiger partial charge on any atom is 0.0541 e. The number of anilines is 3. The summed E-state index contributed by atoms with van der Waals surface area (Å²) >= 11 is 0. The average molecular weight is 757 g/mol. The molecule has 0 radical (unpaired) electrons. The predicted molar refractivity (Wildman–Crippen MR) is 251 cm³/mol. The minimum absolute atomic E-state index is 1.07. The van der Waals surface area contributed by atoms with Crippen molar-refractivity contribution in [1.29, 1.82) is 0 Å². The summed E-state index contributed by atoms with van der Waals surface area (Å²) in [6.07, 6.45) is 6.00. The molecule has 0 saturated heterocycles. The van der Waals surface area contributed by atoms with E-state index in [2.05, 4.69) is 232 Å². The van der Waals surface area contributed by atoms with Crippen LogP contribution in [0.25, 0.3) is 77.7 Å². The minimum atomic E-state index is 1.07. The second-order valence-corrected chi connectivity index (χ2v) is 15.1. The zero-order valence-corrected chi connectivity index (χ0v) is 32.7. The number of rotatable bonds is 8. The fourth-order valence-electron chi connectivity index (χ4n) is 9.20. The van der Waals surface area contributed by atoms with Crippen molar-refractivity contribution in [3.63, 3.8) is 0 Å². The van der Waals surface area contributed by atoms with Gasteiger partial charge >= 0.3 is 0 Å². The highest BCUT2D eigenvalue weighted by Crippen LogP contribution is 2.40. The van der Waals surface area contributed by atoms with Crippen LogP contribution >= 0.6 is 0 Å². The summed E-state index contributed by atoms with van der Waals surface area (Å²) in [6.45, 7) is 6.10. The van der Waals surface area contributed by atoms with E-state index in [4.69, 9.17) is 0 Å². The van der Waals surface area contributed by atoms with E-state index in [1.807, 2.05) is 12.2 Å². The molecule has 0 N–H and O–H groups in total. The van der Waals surface area contributed by atoms with Crippen LogP contribution in [0.2, 0.25) is 0 Å². The van der Waals surface area contributed by atoms with Gasteiger partial charge in [-0.25, -0.2) is 0 Å². The van der Waals surface area contributed by atoms with Crippen molar-refractivity contribution in [2.75, 3.05) is 4.90 Å². The van der Waals surface area contributed by atoms with Gasteiger partial charge in [0.1, 0.15) is 0 Å². The fraction of sp³-hybridized carbons (Fsp3) is 0.0182. The Bertz CT molecular complexity index is 3130. The van der Waals surface area contributed by atoms with E-state index in [0.29, 0.717) is 0 Å². The summed E-state index contributed by atoms with van der Waals surface area (Å²) in [5.74, 6) is 0. The van der Waals surface area contributed by atoms with Crippen molar-refractivity contribution in [2.24, 2.45) is 0 Å². The van der Waals surface area contributed by atoms with Gasteiger partial charge in [0.25, 0.3) is 0 Å². The molecule has 4 heteroatoms. The Hall–Kier alpha value is -7.82. The highest BCUT2D eigenvalue weighted by atomic mass is 15.1. The van der Waals surface area contributed by atoms with Crippen LogP contribution in [-0.4, -0.2) is 13.7 Å². The standard InChI is InChI=1S/C55H40N4/c1-3-4-15-45-38(2)56(51-21-10-5-16-46(45)51)39-26-28-40(29-27-39)57(41-30-34-43(35-31-41)58-52-22-11-6-17-47(52)48-18-7-12-23-53(48)58)42-32-36-44(37-33-42)59-54-24-13-8-19-49(54)50-20-9-14-25-55(50)59/h3-37H,1H2,2H3/b15-4-. The molecule has 0 bridgehead atoms. The Morgan fingerprint density at radius 1 is 0.373 bits per heavy atom. The highest BCUT2D eigenvalue weighted by molar-refractivity contribution is 6.10. The summed E-state index contributed by atoms with van der Waals surface area (Å²) in [4.78, 5) is 2.36. The molecule has 0 saturated carbocycles. The molecule has 59 heavy (non-hydrogen) atoms. The topological polar surface area (TPSA) is 18.0 Å². The van der Waals surface area contributed by atoms with E-state index in [1.165, 1.54) is 65.8 Å². The van der Waals surface area contributed by atoms with Crippen LogP contribution in [0.3, 0.4) is 0 Å². The number of nitrogens with zero attached hydrogens (tertiary/aromatic N) is 4. The zero-order valence-electron chi connectivity index (χ0n) is 32.7. The van der Waals surface area contributed by atoms with Gasteiger partial charge in [0, 0.05) is 72.3 Å². The molecule has 3 aromatic heterocycles. The molecule has 0 aliphatic rings. The number of para-hydroxylation sites is 5. The fourth-order valence-corrected chi connectivity index (χ4v) is 9.20. The van der Waals surface area contributed by atoms with E-state index < -0.39 is 0 Å². The molecule has 0 amide bonds. The third-order valence-corrected chi connectivity index (χ3v) is 11.8. The largest absolute Gasteiger partial charge is 0.313 e. The second kappa shape index (κ2) is 14.0. The molecule has 0 aliphatic heterocycles. The van der Waals surface area contributed by atoms with Crippen LogP contribution in [0.5, 0.6) is 0 Å². The first-order valence-corrected chi connectivity index (χ1v) is 20.1. The molecule has 0 spiro atoms. The lowest BCUT2D eigenvalue weighted by Gasteiger charge is -2.26. The van der Waals surface area contributed by atoms with Crippen molar-refractivity contribution in [1.82, 2.24) is 13.7 Å². The minimum Gasteiger partial charge on any atom is -0.313 e. The lowest BCUT2D eigenvalue weighted by Crippen LogP contribution is -2.10. The lowest BCUT2D eigenvalue weighted by atomic mass is 10.1. The van der Waals surface area contributed by atoms with E-state index in [9.17, 15) is 0 Å². The van der Waals surface area contributed by atoms with E-state index >= 15 is 0 Å². The maximum atomic E-state index is 3.91. The van der Waals surface area contributed by atoms with Crippen molar-refractivity contribution in [3.8, 4) is 17.1 Å². The monoisotopic (exact) mass is 756 g/mol. The van der Waals surface area contributed by atoms with Crippen LogP contribution in [0.15, 0.2) is 213 Å². The third-order valence-electron chi connectivity index (χ3n) is 11.8. The molecule has 3 heterocycles. The molecule has 4 nitrogen and oxygen atoms in total. The van der Waals surface area contributed by atoms with Gasteiger partial charge in [-0.05, 0) is 110 Å². The molecule has 0 atom stereocenters. The smallest absolute Gasteiger partial charge is 0.0541 e. The lowest BCUT2D eigenvalue weighted by molar-refractivity contribution is 1.05. The number of hydrogen-bond acceptors (Lipinski definition) is 1. The molecule has 280 valence electrons. The van der Waals surface area contributed by atoms with Gasteiger partial charge < -0.3 is 18.6 Å². The van der Waals surface area contributed by atoms with Crippen molar-refractivity contribution in [3.05, 3.63) is 224 Å². The number of fused-ring (bicyclic) bond motifs is 7. The van der Waals surface area contributed by atoms with E-state index in [0.717, 1.165) is 34.1 Å². The summed E-state index contributed by atoms with van der Waals surface area (Å²) in [5.41, 5.74) is 15.0. The zero-order chi connectivity index (χ0) is 39.5. The molecule has 0 unspecified atom stereocenters. The Morgan fingerprint density at radius 3 is 1.03 bits per heavy atom. The highest BCUT2D eigenvalue weighted by Gasteiger charge is 2.18. The molecule has 0 fully saturated rings. The van der Waals surface area contributed by atoms with Crippen LogP contribution in [0, 0.1) is 6.92 Å². The molecular formula is C55H40N4. The van der Waals surface area contributed by atoms with Crippen molar-refractivity contribution >= 4 is 77.7 Å². The van der Waals surface area contributed by atoms with Gasteiger partial charge in [-0.1, -0.05) is 116 Å². The predicted octanol–water partition coefficient (Wildman–Crippen LogP) is 14.8.